The summed E-state index contributed by atoms with van der Waals surface area (Å²) in [6, 6.07) is 2.07. The number of amides is 2. The zero-order chi connectivity index (χ0) is 21.9. The second-order valence-electron chi connectivity index (χ2n) is 7.39. The molecule has 0 radical (unpaired) electrons. The summed E-state index contributed by atoms with van der Waals surface area (Å²) in [5.41, 5.74) is 13.1. The molecule has 0 aromatic carbocycles. The maximum atomic E-state index is 13.2. The summed E-state index contributed by atoms with van der Waals surface area (Å²) >= 11 is 1.66. The van der Waals surface area contributed by atoms with Crippen molar-refractivity contribution in [3.05, 3.63) is 21.4 Å². The number of thiophene rings is 1. The van der Waals surface area contributed by atoms with Gasteiger partial charge in [-0.1, -0.05) is 13.3 Å². The van der Waals surface area contributed by atoms with Gasteiger partial charge < -0.3 is 26.8 Å². The number of fused-ring (bicyclic) bond motifs is 1. The molecule has 1 aliphatic heterocycles. The summed E-state index contributed by atoms with van der Waals surface area (Å²) in [4.78, 5) is 32.3. The SMILES string of the molecule is CCCN(CCCNC(=O)O)C(=O)C1=Cc2sc(CCCCCN)cc2N=C(N)C1. The van der Waals surface area contributed by atoms with Gasteiger partial charge in [-0.3, -0.25) is 4.79 Å². The van der Waals surface area contributed by atoms with Gasteiger partial charge in [0.25, 0.3) is 0 Å². The van der Waals surface area contributed by atoms with Crippen molar-refractivity contribution < 1.29 is 14.7 Å². The molecule has 2 amide bonds. The van der Waals surface area contributed by atoms with Gasteiger partial charge in [-0.15, -0.1) is 11.3 Å². The molecule has 166 valence electrons. The van der Waals surface area contributed by atoms with E-state index < -0.39 is 6.09 Å². The Bertz CT molecular complexity index is 788. The minimum Gasteiger partial charge on any atom is -0.465 e. The molecule has 1 aromatic rings. The Morgan fingerprint density at radius 3 is 2.77 bits per heavy atom. The number of aliphatic imine (C=N–C) groups is 1. The van der Waals surface area contributed by atoms with Gasteiger partial charge >= 0.3 is 6.09 Å². The lowest BCUT2D eigenvalue weighted by Crippen LogP contribution is -2.36. The summed E-state index contributed by atoms with van der Waals surface area (Å²) in [6.45, 7) is 4.15. The van der Waals surface area contributed by atoms with E-state index in [0.29, 0.717) is 43.9 Å². The number of carbonyl (C=O) groups is 2. The van der Waals surface area contributed by atoms with Gasteiger partial charge in [0.1, 0.15) is 5.84 Å². The highest BCUT2D eigenvalue weighted by molar-refractivity contribution is 7.13. The fourth-order valence-corrected chi connectivity index (χ4v) is 4.48. The van der Waals surface area contributed by atoms with Crippen LogP contribution in [-0.2, 0) is 11.2 Å². The summed E-state index contributed by atoms with van der Waals surface area (Å²) in [6.07, 6.45) is 6.77. The van der Waals surface area contributed by atoms with E-state index in [4.69, 9.17) is 16.6 Å². The van der Waals surface area contributed by atoms with Gasteiger partial charge in [-0.25, -0.2) is 9.79 Å². The molecule has 30 heavy (non-hydrogen) atoms. The van der Waals surface area contributed by atoms with E-state index in [2.05, 4.69) is 16.4 Å². The summed E-state index contributed by atoms with van der Waals surface area (Å²) in [7, 11) is 0. The highest BCUT2D eigenvalue weighted by atomic mass is 32.1. The quantitative estimate of drug-likeness (QED) is 0.374. The van der Waals surface area contributed by atoms with Gasteiger partial charge in [0.05, 0.1) is 10.6 Å². The standard InChI is InChI=1S/C21H33N5O3S/c1-2-10-26(11-6-9-24-21(28)29)20(27)15-12-18-17(25-19(23)13-15)14-16(30-18)7-4-3-5-8-22/h12,14,24H,2-11,13,22H2,1H3,(H2,23,25)(H,28,29). The first-order valence-electron chi connectivity index (χ1n) is 10.6. The lowest BCUT2D eigenvalue weighted by Gasteiger charge is -2.23. The predicted molar refractivity (Wildman–Crippen MR) is 122 cm³/mol. The van der Waals surface area contributed by atoms with Crippen molar-refractivity contribution in [2.45, 2.75) is 51.9 Å². The molecule has 0 spiro atoms. The van der Waals surface area contributed by atoms with Crippen LogP contribution in [0.1, 0.15) is 55.2 Å². The van der Waals surface area contributed by atoms with E-state index in [-0.39, 0.29) is 5.91 Å². The van der Waals surface area contributed by atoms with E-state index in [1.165, 1.54) is 4.88 Å². The molecule has 1 aromatic heterocycles. The van der Waals surface area contributed by atoms with E-state index in [0.717, 1.165) is 49.2 Å². The van der Waals surface area contributed by atoms with Crippen molar-refractivity contribution in [3.63, 3.8) is 0 Å². The summed E-state index contributed by atoms with van der Waals surface area (Å²) < 4.78 is 0. The molecule has 0 saturated carbocycles. The van der Waals surface area contributed by atoms with Crippen LogP contribution in [0.15, 0.2) is 16.6 Å². The number of hydrogen-bond donors (Lipinski definition) is 4. The van der Waals surface area contributed by atoms with E-state index >= 15 is 0 Å². The second-order valence-corrected chi connectivity index (χ2v) is 8.56. The number of carbonyl (C=O) groups excluding carboxylic acids is 1. The number of aryl methyl sites for hydroxylation is 1. The van der Waals surface area contributed by atoms with Crippen LogP contribution in [-0.4, -0.2) is 54.0 Å². The fraction of sp³-hybridized carbons (Fsp3) is 0.571. The topological polar surface area (TPSA) is 134 Å². The average Bonchev–Trinajstić information content (AvgIpc) is 2.99. The van der Waals surface area contributed by atoms with E-state index in [9.17, 15) is 9.59 Å². The monoisotopic (exact) mass is 435 g/mol. The molecular weight excluding hydrogens is 402 g/mol. The first-order chi connectivity index (χ1) is 14.4. The van der Waals surface area contributed by atoms with E-state index in [1.54, 1.807) is 16.2 Å². The Balaban J connectivity index is 2.10. The maximum Gasteiger partial charge on any atom is 0.404 e. The van der Waals surface area contributed by atoms with Crippen molar-refractivity contribution in [3.8, 4) is 0 Å². The number of nitrogens with two attached hydrogens (primary N) is 2. The third-order valence-electron chi connectivity index (χ3n) is 4.80. The van der Waals surface area contributed by atoms with Gasteiger partial charge in [0, 0.05) is 36.5 Å². The lowest BCUT2D eigenvalue weighted by atomic mass is 10.1. The average molecular weight is 436 g/mol. The highest BCUT2D eigenvalue weighted by Gasteiger charge is 2.22. The minimum absolute atomic E-state index is 0.0592. The van der Waals surface area contributed by atoms with Crippen LogP contribution in [0.4, 0.5) is 10.5 Å². The normalized spacial score (nSPS) is 13.1. The van der Waals surface area contributed by atoms with Crippen LogP contribution in [0.5, 0.6) is 0 Å². The third-order valence-corrected chi connectivity index (χ3v) is 5.93. The number of carboxylic acid groups (broad SMARTS) is 1. The Morgan fingerprint density at radius 2 is 2.07 bits per heavy atom. The van der Waals surface area contributed by atoms with Crippen molar-refractivity contribution in [1.29, 1.82) is 0 Å². The Hall–Kier alpha value is -2.39. The van der Waals surface area contributed by atoms with Gasteiger partial charge in [-0.2, -0.15) is 0 Å². The van der Waals surface area contributed by atoms with Crippen molar-refractivity contribution >= 4 is 40.9 Å². The number of amidine groups is 1. The molecule has 0 atom stereocenters. The van der Waals surface area contributed by atoms with Gasteiger partial charge in [0.15, 0.2) is 0 Å². The number of nitrogens with one attached hydrogen (secondary N) is 1. The molecular formula is C21H33N5O3S. The van der Waals surface area contributed by atoms with Crippen molar-refractivity contribution in [2.75, 3.05) is 26.2 Å². The highest BCUT2D eigenvalue weighted by Crippen LogP contribution is 2.35. The Labute approximate surface area is 182 Å². The number of nitrogens with zero attached hydrogens (tertiary/aromatic N) is 2. The summed E-state index contributed by atoms with van der Waals surface area (Å²) in [5.74, 6) is 0.376. The largest absolute Gasteiger partial charge is 0.465 e. The predicted octanol–water partition coefficient (Wildman–Crippen LogP) is 3.09. The minimum atomic E-state index is -1.05. The molecule has 2 heterocycles. The van der Waals surface area contributed by atoms with Crippen molar-refractivity contribution in [1.82, 2.24) is 10.2 Å². The zero-order valence-corrected chi connectivity index (χ0v) is 18.5. The molecule has 2 rings (SSSR count). The smallest absolute Gasteiger partial charge is 0.404 e. The maximum absolute atomic E-state index is 13.2. The van der Waals surface area contributed by atoms with Crippen LogP contribution in [0.25, 0.3) is 6.08 Å². The summed E-state index contributed by atoms with van der Waals surface area (Å²) in [5, 5.41) is 11.0. The first-order valence-corrected chi connectivity index (χ1v) is 11.4. The van der Waals surface area contributed by atoms with Crippen LogP contribution in [0.3, 0.4) is 0 Å². The molecule has 0 unspecified atom stereocenters. The Morgan fingerprint density at radius 1 is 1.27 bits per heavy atom. The van der Waals surface area contributed by atoms with Gasteiger partial charge in [0.2, 0.25) is 5.91 Å². The lowest BCUT2D eigenvalue weighted by molar-refractivity contribution is -0.127. The number of rotatable bonds is 12. The molecule has 8 nitrogen and oxygen atoms in total. The first kappa shape index (κ1) is 23.9. The Kier molecular flexibility index (Phi) is 9.82. The molecule has 0 aliphatic carbocycles. The third kappa shape index (κ3) is 7.46. The van der Waals surface area contributed by atoms with Crippen LogP contribution >= 0.6 is 11.3 Å². The molecule has 1 aliphatic rings. The molecule has 6 N–H and O–H groups in total. The van der Waals surface area contributed by atoms with Crippen LogP contribution in [0.2, 0.25) is 0 Å². The van der Waals surface area contributed by atoms with Gasteiger partial charge in [-0.05, 0) is 50.8 Å². The number of hydrogen-bond acceptors (Lipinski definition) is 6. The van der Waals surface area contributed by atoms with Crippen LogP contribution < -0.4 is 16.8 Å². The number of unbranched alkanes of at least 4 members (excludes halogenated alkanes) is 2. The van der Waals surface area contributed by atoms with Crippen molar-refractivity contribution in [2.24, 2.45) is 16.5 Å². The van der Waals surface area contributed by atoms with Crippen LogP contribution in [0, 0.1) is 0 Å². The second kappa shape index (κ2) is 12.3. The molecule has 9 heteroatoms. The van der Waals surface area contributed by atoms with E-state index in [1.807, 2.05) is 13.0 Å². The fourth-order valence-electron chi connectivity index (χ4n) is 3.37. The molecule has 0 fully saturated rings. The molecule has 0 bridgehead atoms. The zero-order valence-electron chi connectivity index (χ0n) is 17.7. The molecule has 0 saturated heterocycles.